The maximum absolute atomic E-state index is 5.62. The van der Waals surface area contributed by atoms with Crippen LogP contribution in [0.25, 0.3) is 0 Å². The van der Waals surface area contributed by atoms with Gasteiger partial charge in [0.15, 0.2) is 5.82 Å². The van der Waals surface area contributed by atoms with Gasteiger partial charge in [-0.05, 0) is 13.0 Å². The van der Waals surface area contributed by atoms with Crippen LogP contribution in [0.1, 0.15) is 16.8 Å². The highest BCUT2D eigenvalue weighted by Crippen LogP contribution is 2.13. The van der Waals surface area contributed by atoms with E-state index in [2.05, 4.69) is 20.6 Å². The van der Waals surface area contributed by atoms with Gasteiger partial charge in [-0.15, -0.1) is 5.10 Å². The molecular formula is C11H14N6S. The zero-order valence-electron chi connectivity index (χ0n) is 10.2. The van der Waals surface area contributed by atoms with Crippen LogP contribution in [-0.4, -0.2) is 25.0 Å². The van der Waals surface area contributed by atoms with Crippen LogP contribution >= 0.6 is 12.2 Å². The van der Waals surface area contributed by atoms with E-state index in [-0.39, 0.29) is 0 Å². The molecule has 18 heavy (non-hydrogen) atoms. The van der Waals surface area contributed by atoms with E-state index in [4.69, 9.17) is 18.0 Å². The van der Waals surface area contributed by atoms with Gasteiger partial charge in [0.25, 0.3) is 0 Å². The van der Waals surface area contributed by atoms with Gasteiger partial charge in [0.2, 0.25) is 0 Å². The van der Waals surface area contributed by atoms with Crippen molar-refractivity contribution in [2.45, 2.75) is 13.5 Å². The molecule has 0 aliphatic carbocycles. The Kier molecular flexibility index (Phi) is 3.52. The summed E-state index contributed by atoms with van der Waals surface area (Å²) in [4.78, 5) is 0.301. The Morgan fingerprint density at radius 1 is 1.56 bits per heavy atom. The van der Waals surface area contributed by atoms with E-state index >= 15 is 0 Å². The van der Waals surface area contributed by atoms with E-state index in [1.807, 2.05) is 24.9 Å². The van der Waals surface area contributed by atoms with Crippen molar-refractivity contribution < 1.29 is 0 Å². The van der Waals surface area contributed by atoms with Gasteiger partial charge in [-0.25, -0.2) is 0 Å². The predicted molar refractivity (Wildman–Crippen MR) is 73.2 cm³/mol. The summed E-state index contributed by atoms with van der Waals surface area (Å²) in [6.07, 6.45) is 3.38. The highest BCUT2D eigenvalue weighted by atomic mass is 32.1. The van der Waals surface area contributed by atoms with Crippen LogP contribution in [0.15, 0.2) is 18.5 Å². The second-order valence-electron chi connectivity index (χ2n) is 3.89. The lowest BCUT2D eigenvalue weighted by Crippen LogP contribution is -2.15. The lowest BCUT2D eigenvalue weighted by Gasteiger charge is -2.08. The normalized spacial score (nSPS) is 10.3. The van der Waals surface area contributed by atoms with Crippen molar-refractivity contribution >= 4 is 23.0 Å². The third-order valence-corrected chi connectivity index (χ3v) is 2.99. The summed E-state index contributed by atoms with van der Waals surface area (Å²) < 4.78 is 1.82. The van der Waals surface area contributed by atoms with Gasteiger partial charge in [0, 0.05) is 24.8 Å². The first-order valence-electron chi connectivity index (χ1n) is 5.42. The number of aromatic nitrogens is 4. The Balaban J connectivity index is 2.16. The van der Waals surface area contributed by atoms with E-state index in [0.717, 1.165) is 11.3 Å². The topological polar surface area (TPSA) is 81.7 Å². The van der Waals surface area contributed by atoms with E-state index < -0.39 is 0 Å². The van der Waals surface area contributed by atoms with Crippen molar-refractivity contribution in [1.29, 1.82) is 0 Å². The third kappa shape index (κ3) is 2.45. The average molecular weight is 262 g/mol. The third-order valence-electron chi connectivity index (χ3n) is 2.77. The van der Waals surface area contributed by atoms with Crippen LogP contribution in [-0.2, 0) is 13.6 Å². The molecule has 0 unspecified atom stereocenters. The van der Waals surface area contributed by atoms with Crippen molar-refractivity contribution in [3.63, 3.8) is 0 Å². The first kappa shape index (κ1) is 12.4. The molecule has 6 nitrogen and oxygen atoms in total. The lowest BCUT2D eigenvalue weighted by molar-refractivity contribution is 0.738. The molecule has 2 aromatic rings. The number of rotatable bonds is 4. The summed E-state index contributed by atoms with van der Waals surface area (Å²) in [5.41, 5.74) is 8.52. The minimum Gasteiger partial charge on any atom is -0.389 e. The summed E-state index contributed by atoms with van der Waals surface area (Å²) in [5, 5.41) is 15.2. The maximum atomic E-state index is 5.62. The van der Waals surface area contributed by atoms with Crippen molar-refractivity contribution in [2.24, 2.45) is 12.8 Å². The highest BCUT2D eigenvalue weighted by Gasteiger charge is 2.08. The summed E-state index contributed by atoms with van der Waals surface area (Å²) in [7, 11) is 1.90. The van der Waals surface area contributed by atoms with Crippen molar-refractivity contribution in [3.05, 3.63) is 35.3 Å². The Hall–Kier alpha value is -2.02. The molecule has 0 amide bonds. The molecule has 7 heteroatoms. The fourth-order valence-corrected chi connectivity index (χ4v) is 1.72. The Labute approximate surface area is 110 Å². The van der Waals surface area contributed by atoms with Crippen LogP contribution in [0.2, 0.25) is 0 Å². The van der Waals surface area contributed by atoms with Crippen LogP contribution < -0.4 is 11.1 Å². The van der Waals surface area contributed by atoms with Gasteiger partial charge in [-0.1, -0.05) is 12.2 Å². The van der Waals surface area contributed by atoms with Crippen molar-refractivity contribution in [3.8, 4) is 0 Å². The summed E-state index contributed by atoms with van der Waals surface area (Å²) in [5.74, 6) is 0.591. The predicted octanol–water partition coefficient (Wildman–Crippen LogP) is 0.765. The average Bonchev–Trinajstić information content (AvgIpc) is 2.68. The number of nitrogens with zero attached hydrogens (tertiary/aromatic N) is 4. The SMILES string of the molecule is Cc1c(CNc2nnccc2C(N)=S)cnn1C. The first-order valence-corrected chi connectivity index (χ1v) is 5.83. The quantitative estimate of drug-likeness (QED) is 0.792. The van der Waals surface area contributed by atoms with E-state index in [0.29, 0.717) is 22.9 Å². The van der Waals surface area contributed by atoms with Crippen LogP contribution in [0.4, 0.5) is 5.82 Å². The molecule has 2 aromatic heterocycles. The van der Waals surface area contributed by atoms with Gasteiger partial charge < -0.3 is 11.1 Å². The molecule has 0 atom stereocenters. The van der Waals surface area contributed by atoms with Gasteiger partial charge in [-0.3, -0.25) is 4.68 Å². The minimum atomic E-state index is 0.301. The second kappa shape index (κ2) is 5.09. The molecule has 0 radical (unpaired) electrons. The molecule has 0 aliphatic heterocycles. The van der Waals surface area contributed by atoms with Crippen LogP contribution in [0.3, 0.4) is 0 Å². The maximum Gasteiger partial charge on any atom is 0.159 e. The zero-order chi connectivity index (χ0) is 13.1. The molecule has 94 valence electrons. The number of thiocarbonyl (C=S) groups is 1. The minimum absolute atomic E-state index is 0.301. The van der Waals surface area contributed by atoms with E-state index in [9.17, 15) is 0 Å². The Bertz CT molecular complexity index is 577. The summed E-state index contributed by atoms with van der Waals surface area (Å²) in [6, 6.07) is 1.74. The molecule has 0 spiro atoms. The van der Waals surface area contributed by atoms with Crippen LogP contribution in [0.5, 0.6) is 0 Å². The molecule has 0 saturated carbocycles. The fraction of sp³-hybridized carbons (Fsp3) is 0.273. The number of hydrogen-bond donors (Lipinski definition) is 2. The van der Waals surface area contributed by atoms with E-state index in [1.54, 1.807) is 12.3 Å². The fourth-order valence-electron chi connectivity index (χ4n) is 1.56. The summed E-state index contributed by atoms with van der Waals surface area (Å²) in [6.45, 7) is 2.61. The Morgan fingerprint density at radius 2 is 2.33 bits per heavy atom. The van der Waals surface area contributed by atoms with Crippen LogP contribution in [0, 0.1) is 6.92 Å². The van der Waals surface area contributed by atoms with Crippen molar-refractivity contribution in [2.75, 3.05) is 5.32 Å². The number of nitrogens with two attached hydrogens (primary N) is 1. The molecule has 0 bridgehead atoms. The number of nitrogens with one attached hydrogen (secondary N) is 1. The molecule has 0 saturated heterocycles. The molecular weight excluding hydrogens is 248 g/mol. The number of hydrogen-bond acceptors (Lipinski definition) is 5. The second-order valence-corrected chi connectivity index (χ2v) is 4.33. The molecule has 2 heterocycles. The van der Waals surface area contributed by atoms with Gasteiger partial charge in [0.1, 0.15) is 4.99 Å². The standard InChI is InChI=1S/C11H14N6S/c1-7-8(6-15-17(7)2)5-13-11-9(10(12)18)3-4-14-16-11/h3-4,6H,5H2,1-2H3,(H2,12,18)(H,13,16). The number of anilines is 1. The smallest absolute Gasteiger partial charge is 0.159 e. The van der Waals surface area contributed by atoms with Crippen molar-refractivity contribution in [1.82, 2.24) is 20.0 Å². The van der Waals surface area contributed by atoms with Gasteiger partial charge in [0.05, 0.1) is 18.0 Å². The monoisotopic (exact) mass is 262 g/mol. The molecule has 3 N–H and O–H groups in total. The molecule has 0 aromatic carbocycles. The number of aryl methyl sites for hydroxylation is 1. The van der Waals surface area contributed by atoms with E-state index in [1.165, 1.54) is 0 Å². The first-order chi connectivity index (χ1) is 8.59. The largest absolute Gasteiger partial charge is 0.389 e. The molecule has 2 rings (SSSR count). The molecule has 0 fully saturated rings. The lowest BCUT2D eigenvalue weighted by atomic mass is 10.2. The summed E-state index contributed by atoms with van der Waals surface area (Å²) >= 11 is 4.96. The van der Waals surface area contributed by atoms with Gasteiger partial charge >= 0.3 is 0 Å². The highest BCUT2D eigenvalue weighted by molar-refractivity contribution is 7.80. The zero-order valence-corrected chi connectivity index (χ0v) is 11.0. The van der Waals surface area contributed by atoms with Gasteiger partial charge in [-0.2, -0.15) is 10.2 Å². The molecule has 0 aliphatic rings. The Morgan fingerprint density at radius 3 is 2.94 bits per heavy atom.